The standard InChI is InChI=1S/C24H23F4N3O3/c1-4-16-6-7-17(10-18(16)24(26,27)28)34-20-8-5-15(9-19(20)25)13-33-21-11-22-30(3)14(2)12-31(22)23(32)29-21/h5-11,14H,4,12-13H2,1-3H3. The second-order valence-corrected chi connectivity index (χ2v) is 8.13. The number of nitrogens with zero attached hydrogens (tertiary/aromatic N) is 3. The Bertz CT molecular complexity index is 1270. The fraction of sp³-hybridized carbons (Fsp3) is 0.333. The summed E-state index contributed by atoms with van der Waals surface area (Å²) in [6.45, 7) is 4.09. The van der Waals surface area contributed by atoms with Crippen LogP contribution in [0.2, 0.25) is 0 Å². The molecule has 0 bridgehead atoms. The molecule has 1 atom stereocenters. The van der Waals surface area contributed by atoms with Gasteiger partial charge in [-0.05, 0) is 48.7 Å². The molecule has 0 amide bonds. The molecular weight excluding hydrogens is 454 g/mol. The van der Waals surface area contributed by atoms with Gasteiger partial charge in [-0.25, -0.2) is 9.18 Å². The molecule has 0 N–H and O–H groups in total. The van der Waals surface area contributed by atoms with Gasteiger partial charge in [0.25, 0.3) is 0 Å². The number of ether oxygens (including phenoxy) is 2. The second-order valence-electron chi connectivity index (χ2n) is 8.13. The first kappa shape index (κ1) is 23.6. The van der Waals surface area contributed by atoms with Crippen LogP contribution in [0.5, 0.6) is 17.4 Å². The highest BCUT2D eigenvalue weighted by Gasteiger charge is 2.33. The summed E-state index contributed by atoms with van der Waals surface area (Å²) in [5, 5.41) is 0. The van der Waals surface area contributed by atoms with E-state index in [1.54, 1.807) is 17.6 Å². The molecule has 4 rings (SSSR count). The van der Waals surface area contributed by atoms with Crippen LogP contribution in [0.15, 0.2) is 47.3 Å². The minimum Gasteiger partial charge on any atom is -0.473 e. The van der Waals surface area contributed by atoms with E-state index in [4.69, 9.17) is 9.47 Å². The van der Waals surface area contributed by atoms with Crippen LogP contribution >= 0.6 is 0 Å². The number of aryl methyl sites for hydroxylation is 1. The van der Waals surface area contributed by atoms with E-state index in [9.17, 15) is 22.4 Å². The third-order valence-electron chi connectivity index (χ3n) is 5.81. The summed E-state index contributed by atoms with van der Waals surface area (Å²) in [5.74, 6) is -0.289. The molecule has 0 saturated heterocycles. The van der Waals surface area contributed by atoms with Crippen LogP contribution < -0.4 is 20.1 Å². The summed E-state index contributed by atoms with van der Waals surface area (Å²) in [5.41, 5.74) is -0.666. The summed E-state index contributed by atoms with van der Waals surface area (Å²) >= 11 is 0. The minimum absolute atomic E-state index is 0.0597. The molecule has 6 nitrogen and oxygen atoms in total. The fourth-order valence-corrected chi connectivity index (χ4v) is 3.82. The lowest BCUT2D eigenvalue weighted by molar-refractivity contribution is -0.138. The number of alkyl halides is 3. The molecule has 3 aromatic rings. The smallest absolute Gasteiger partial charge is 0.416 e. The number of benzene rings is 2. The number of rotatable bonds is 6. The van der Waals surface area contributed by atoms with Gasteiger partial charge in [-0.3, -0.25) is 4.57 Å². The van der Waals surface area contributed by atoms with Gasteiger partial charge >= 0.3 is 11.9 Å². The van der Waals surface area contributed by atoms with Gasteiger partial charge in [-0.1, -0.05) is 19.1 Å². The maximum atomic E-state index is 14.6. The number of fused-ring (bicyclic) bond motifs is 1. The molecule has 1 aliphatic rings. The summed E-state index contributed by atoms with van der Waals surface area (Å²) in [7, 11) is 1.87. The first-order valence-corrected chi connectivity index (χ1v) is 10.7. The predicted octanol–water partition coefficient (Wildman–Crippen LogP) is 5.17. The van der Waals surface area contributed by atoms with Crippen molar-refractivity contribution < 1.29 is 27.0 Å². The number of hydrogen-bond donors (Lipinski definition) is 0. The molecular formula is C24H23F4N3O3. The lowest BCUT2D eigenvalue weighted by Crippen LogP contribution is -2.23. The van der Waals surface area contributed by atoms with Gasteiger partial charge in [0.15, 0.2) is 11.6 Å². The summed E-state index contributed by atoms with van der Waals surface area (Å²) in [6.07, 6.45) is -4.33. The molecule has 1 aromatic heterocycles. The molecule has 0 fully saturated rings. The van der Waals surface area contributed by atoms with Crippen molar-refractivity contribution in [3.05, 3.63) is 75.5 Å². The zero-order valence-electron chi connectivity index (χ0n) is 18.8. The van der Waals surface area contributed by atoms with Gasteiger partial charge < -0.3 is 14.4 Å². The van der Waals surface area contributed by atoms with Gasteiger partial charge in [0.1, 0.15) is 18.2 Å². The Kier molecular flexibility index (Phi) is 6.24. The lowest BCUT2D eigenvalue weighted by atomic mass is 10.0. The Hall–Kier alpha value is -3.56. The van der Waals surface area contributed by atoms with E-state index >= 15 is 0 Å². The Balaban J connectivity index is 1.48. The first-order chi connectivity index (χ1) is 16.1. The minimum atomic E-state index is -4.54. The molecule has 0 saturated carbocycles. The van der Waals surface area contributed by atoms with Gasteiger partial charge in [-0.2, -0.15) is 18.2 Å². The maximum Gasteiger partial charge on any atom is 0.416 e. The zero-order chi connectivity index (χ0) is 24.6. The van der Waals surface area contributed by atoms with Crippen LogP contribution in [0, 0.1) is 5.82 Å². The number of hydrogen-bond acceptors (Lipinski definition) is 5. The summed E-state index contributed by atoms with van der Waals surface area (Å²) < 4.78 is 67.0. The molecule has 180 valence electrons. The van der Waals surface area contributed by atoms with Crippen LogP contribution in [0.4, 0.5) is 23.4 Å². The molecule has 0 aliphatic carbocycles. The van der Waals surface area contributed by atoms with Gasteiger partial charge in [-0.15, -0.1) is 0 Å². The van der Waals surface area contributed by atoms with Gasteiger partial charge in [0, 0.05) is 25.7 Å². The highest BCUT2D eigenvalue weighted by Crippen LogP contribution is 2.36. The summed E-state index contributed by atoms with van der Waals surface area (Å²) in [6, 6.07) is 9.37. The third kappa shape index (κ3) is 4.71. The summed E-state index contributed by atoms with van der Waals surface area (Å²) in [4.78, 5) is 18.1. The van der Waals surface area contributed by atoms with Crippen LogP contribution in [-0.4, -0.2) is 22.6 Å². The van der Waals surface area contributed by atoms with Crippen LogP contribution in [0.25, 0.3) is 0 Å². The molecule has 1 unspecified atom stereocenters. The SMILES string of the molecule is CCc1ccc(Oc2ccc(COc3cc4n(c(=O)n3)CC(C)N4C)cc2F)cc1C(F)(F)F. The van der Waals surface area contributed by atoms with Crippen molar-refractivity contribution in [2.24, 2.45) is 0 Å². The van der Waals surface area contributed by atoms with E-state index in [0.717, 1.165) is 12.1 Å². The number of aromatic nitrogens is 2. The van der Waals surface area contributed by atoms with Crippen molar-refractivity contribution in [2.45, 2.75) is 45.6 Å². The molecule has 10 heteroatoms. The van der Waals surface area contributed by atoms with Crippen LogP contribution in [0.1, 0.15) is 30.5 Å². The van der Waals surface area contributed by atoms with Crippen molar-refractivity contribution in [1.29, 1.82) is 0 Å². The monoisotopic (exact) mass is 477 g/mol. The highest BCUT2D eigenvalue weighted by atomic mass is 19.4. The van der Waals surface area contributed by atoms with E-state index < -0.39 is 23.2 Å². The Morgan fingerprint density at radius 1 is 1.15 bits per heavy atom. The normalized spacial score (nSPS) is 15.4. The zero-order valence-corrected chi connectivity index (χ0v) is 18.8. The third-order valence-corrected chi connectivity index (χ3v) is 5.81. The topological polar surface area (TPSA) is 56.6 Å². The lowest BCUT2D eigenvalue weighted by Gasteiger charge is -2.16. The van der Waals surface area contributed by atoms with E-state index in [1.807, 2.05) is 18.9 Å². The first-order valence-electron chi connectivity index (χ1n) is 10.7. The Morgan fingerprint density at radius 2 is 1.91 bits per heavy atom. The molecule has 0 radical (unpaired) electrons. The molecule has 34 heavy (non-hydrogen) atoms. The average Bonchev–Trinajstić information content (AvgIpc) is 3.08. The predicted molar refractivity (Wildman–Crippen MR) is 118 cm³/mol. The van der Waals surface area contributed by atoms with E-state index in [0.29, 0.717) is 17.9 Å². The number of halogens is 4. The van der Waals surface area contributed by atoms with Crippen LogP contribution in [-0.2, 0) is 25.7 Å². The van der Waals surface area contributed by atoms with E-state index in [2.05, 4.69) is 4.98 Å². The van der Waals surface area contributed by atoms with Crippen molar-refractivity contribution in [1.82, 2.24) is 9.55 Å². The quantitative estimate of drug-likeness (QED) is 0.459. The maximum absolute atomic E-state index is 14.6. The molecule has 2 aromatic carbocycles. The largest absolute Gasteiger partial charge is 0.473 e. The highest BCUT2D eigenvalue weighted by molar-refractivity contribution is 5.46. The van der Waals surface area contributed by atoms with E-state index in [-0.39, 0.29) is 42.0 Å². The number of anilines is 1. The van der Waals surface area contributed by atoms with Gasteiger partial charge in [0.2, 0.25) is 5.88 Å². The second kappa shape index (κ2) is 9.00. The number of likely N-dealkylation sites (N-methyl/N-ethyl adjacent to an activating group) is 1. The molecule has 2 heterocycles. The Labute approximate surface area is 193 Å². The van der Waals surface area contributed by atoms with Gasteiger partial charge in [0.05, 0.1) is 5.56 Å². The average molecular weight is 477 g/mol. The van der Waals surface area contributed by atoms with Crippen molar-refractivity contribution in [3.8, 4) is 17.4 Å². The van der Waals surface area contributed by atoms with Crippen molar-refractivity contribution >= 4 is 5.82 Å². The fourth-order valence-electron chi connectivity index (χ4n) is 3.82. The Morgan fingerprint density at radius 3 is 2.59 bits per heavy atom. The van der Waals surface area contributed by atoms with Crippen LogP contribution in [0.3, 0.4) is 0 Å². The van der Waals surface area contributed by atoms with Crippen molar-refractivity contribution in [2.75, 3.05) is 11.9 Å². The van der Waals surface area contributed by atoms with E-state index in [1.165, 1.54) is 24.3 Å². The van der Waals surface area contributed by atoms with Crippen molar-refractivity contribution in [3.63, 3.8) is 0 Å². The molecule has 1 aliphatic heterocycles. The molecule has 0 spiro atoms.